The molecule has 4 heteroatoms. The van der Waals surface area contributed by atoms with Crippen LogP contribution in [0.5, 0.6) is 0 Å². The number of nitriles is 1. The number of aryl methyl sites for hydroxylation is 1. The molecule has 0 spiro atoms. The van der Waals surface area contributed by atoms with Crippen LogP contribution in [0.1, 0.15) is 18.9 Å². The average Bonchev–Trinajstić information content (AvgIpc) is 2.32. The lowest BCUT2D eigenvalue weighted by molar-refractivity contribution is -0.119. The monoisotopic (exact) mass is 232 g/mol. The van der Waals surface area contributed by atoms with Gasteiger partial charge in [-0.25, -0.2) is 4.39 Å². The van der Waals surface area contributed by atoms with E-state index in [2.05, 4.69) is 6.07 Å². The van der Waals surface area contributed by atoms with E-state index in [1.807, 2.05) is 0 Å². The van der Waals surface area contributed by atoms with E-state index in [1.165, 1.54) is 12.1 Å². The maximum Gasteiger partial charge on any atom is 0.227 e. The third-order valence-electron chi connectivity index (χ3n) is 2.92. The van der Waals surface area contributed by atoms with Gasteiger partial charge < -0.3 is 4.90 Å². The first-order chi connectivity index (χ1) is 8.11. The molecule has 0 saturated carbocycles. The van der Waals surface area contributed by atoms with E-state index >= 15 is 0 Å². The summed E-state index contributed by atoms with van der Waals surface area (Å²) >= 11 is 0. The van der Waals surface area contributed by atoms with Crippen molar-refractivity contribution in [3.05, 3.63) is 29.6 Å². The first-order valence-corrected chi connectivity index (χ1v) is 5.60. The third-order valence-corrected chi connectivity index (χ3v) is 2.92. The van der Waals surface area contributed by atoms with Gasteiger partial charge in [0.1, 0.15) is 5.82 Å². The average molecular weight is 232 g/mol. The molecule has 2 rings (SSSR count). The van der Waals surface area contributed by atoms with E-state index in [9.17, 15) is 9.18 Å². The molecular weight excluding hydrogens is 219 g/mol. The van der Waals surface area contributed by atoms with Gasteiger partial charge in [0.2, 0.25) is 5.91 Å². The molecule has 1 aromatic carbocycles. The van der Waals surface area contributed by atoms with Gasteiger partial charge in [0, 0.05) is 18.7 Å². The Kier molecular flexibility index (Phi) is 3.10. The molecule has 0 N–H and O–H groups in total. The molecule has 88 valence electrons. The van der Waals surface area contributed by atoms with Crippen molar-refractivity contribution in [1.82, 2.24) is 0 Å². The highest BCUT2D eigenvalue weighted by atomic mass is 19.1. The molecule has 1 atom stereocenters. The number of carbonyl (C=O) groups excluding carboxylic acids is 1. The molecule has 0 bridgehead atoms. The lowest BCUT2D eigenvalue weighted by atomic mass is 10.00. The summed E-state index contributed by atoms with van der Waals surface area (Å²) < 4.78 is 13.1. The Morgan fingerprint density at radius 3 is 3.00 bits per heavy atom. The number of anilines is 1. The zero-order chi connectivity index (χ0) is 12.4. The van der Waals surface area contributed by atoms with Gasteiger partial charge in [-0.05, 0) is 37.1 Å². The minimum Gasteiger partial charge on any atom is -0.311 e. The van der Waals surface area contributed by atoms with Gasteiger partial charge in [0.05, 0.1) is 12.0 Å². The number of benzene rings is 1. The van der Waals surface area contributed by atoms with Gasteiger partial charge in [-0.15, -0.1) is 0 Å². The highest BCUT2D eigenvalue weighted by Crippen LogP contribution is 2.28. The number of rotatable bonds is 2. The SMILES string of the molecule is CC(C#N)CN1C(=O)CCc2cc(F)ccc21. The van der Waals surface area contributed by atoms with E-state index in [-0.39, 0.29) is 17.6 Å². The summed E-state index contributed by atoms with van der Waals surface area (Å²) in [7, 11) is 0. The van der Waals surface area contributed by atoms with Gasteiger partial charge >= 0.3 is 0 Å². The van der Waals surface area contributed by atoms with Crippen LogP contribution in [0.3, 0.4) is 0 Å². The van der Waals surface area contributed by atoms with Crippen molar-refractivity contribution in [1.29, 1.82) is 5.26 Å². The second-order valence-corrected chi connectivity index (χ2v) is 4.31. The molecule has 1 heterocycles. The van der Waals surface area contributed by atoms with Crippen molar-refractivity contribution in [3.63, 3.8) is 0 Å². The predicted octanol–water partition coefficient (Wildman–Crippen LogP) is 2.26. The minimum atomic E-state index is -0.286. The molecule has 17 heavy (non-hydrogen) atoms. The number of nitrogens with zero attached hydrogens (tertiary/aromatic N) is 2. The zero-order valence-electron chi connectivity index (χ0n) is 9.61. The summed E-state index contributed by atoms with van der Waals surface area (Å²) in [5.74, 6) is -0.507. The third kappa shape index (κ3) is 2.28. The molecule has 1 aromatic rings. The van der Waals surface area contributed by atoms with Crippen LogP contribution in [-0.4, -0.2) is 12.5 Å². The zero-order valence-corrected chi connectivity index (χ0v) is 9.61. The number of halogens is 1. The molecule has 1 unspecified atom stereocenters. The summed E-state index contributed by atoms with van der Waals surface area (Å²) in [5, 5.41) is 8.80. The number of hydrogen-bond donors (Lipinski definition) is 0. The highest BCUT2D eigenvalue weighted by molar-refractivity contribution is 5.96. The van der Waals surface area contributed by atoms with Crippen LogP contribution in [0.15, 0.2) is 18.2 Å². The van der Waals surface area contributed by atoms with Gasteiger partial charge in [-0.1, -0.05) is 0 Å². The van der Waals surface area contributed by atoms with E-state index in [0.29, 0.717) is 19.4 Å². The normalized spacial score (nSPS) is 16.3. The molecule has 0 radical (unpaired) electrons. The summed E-state index contributed by atoms with van der Waals surface area (Å²) in [5.41, 5.74) is 1.58. The summed E-state index contributed by atoms with van der Waals surface area (Å²) in [6, 6.07) is 6.54. The highest BCUT2D eigenvalue weighted by Gasteiger charge is 2.25. The standard InChI is InChI=1S/C13H13FN2O/c1-9(7-15)8-16-12-4-3-11(14)6-10(12)2-5-13(16)17/h3-4,6,9H,2,5,8H2,1H3. The van der Waals surface area contributed by atoms with Crippen molar-refractivity contribution in [2.75, 3.05) is 11.4 Å². The maximum absolute atomic E-state index is 13.1. The number of amides is 1. The Balaban J connectivity index is 2.34. The lowest BCUT2D eigenvalue weighted by Gasteiger charge is -2.30. The minimum absolute atomic E-state index is 0.00575. The molecule has 1 aliphatic rings. The summed E-state index contributed by atoms with van der Waals surface area (Å²) in [6.45, 7) is 2.14. The predicted molar refractivity (Wildman–Crippen MR) is 61.9 cm³/mol. The van der Waals surface area contributed by atoms with Gasteiger partial charge in [-0.2, -0.15) is 5.26 Å². The van der Waals surface area contributed by atoms with Crippen LogP contribution in [0.2, 0.25) is 0 Å². The van der Waals surface area contributed by atoms with E-state index < -0.39 is 0 Å². The molecule has 0 aliphatic carbocycles. The molecular formula is C13H13FN2O. The van der Waals surface area contributed by atoms with E-state index in [4.69, 9.17) is 5.26 Å². The second-order valence-electron chi connectivity index (χ2n) is 4.31. The Bertz CT molecular complexity index is 493. The van der Waals surface area contributed by atoms with Crippen LogP contribution < -0.4 is 4.90 Å². The quantitative estimate of drug-likeness (QED) is 0.785. The number of hydrogen-bond acceptors (Lipinski definition) is 2. The number of carbonyl (C=O) groups is 1. The molecule has 0 fully saturated rings. The molecule has 0 saturated heterocycles. The van der Waals surface area contributed by atoms with E-state index in [0.717, 1.165) is 11.3 Å². The van der Waals surface area contributed by atoms with Crippen LogP contribution in [0, 0.1) is 23.1 Å². The fourth-order valence-electron chi connectivity index (χ4n) is 2.04. The van der Waals surface area contributed by atoms with Crippen LogP contribution in [0.25, 0.3) is 0 Å². The summed E-state index contributed by atoms with van der Waals surface area (Å²) in [6.07, 6.45) is 0.956. The summed E-state index contributed by atoms with van der Waals surface area (Å²) in [4.78, 5) is 13.4. The number of fused-ring (bicyclic) bond motifs is 1. The van der Waals surface area contributed by atoms with Crippen LogP contribution >= 0.6 is 0 Å². The second kappa shape index (κ2) is 4.54. The van der Waals surface area contributed by atoms with Crippen molar-refractivity contribution in [2.45, 2.75) is 19.8 Å². The molecule has 0 aromatic heterocycles. The van der Waals surface area contributed by atoms with Gasteiger partial charge in [0.25, 0.3) is 0 Å². The molecule has 3 nitrogen and oxygen atoms in total. The van der Waals surface area contributed by atoms with E-state index in [1.54, 1.807) is 17.9 Å². The Morgan fingerprint density at radius 2 is 2.29 bits per heavy atom. The fourth-order valence-corrected chi connectivity index (χ4v) is 2.04. The van der Waals surface area contributed by atoms with Crippen LogP contribution in [0.4, 0.5) is 10.1 Å². The maximum atomic E-state index is 13.1. The first-order valence-electron chi connectivity index (χ1n) is 5.60. The lowest BCUT2D eigenvalue weighted by Crippen LogP contribution is -2.38. The van der Waals surface area contributed by atoms with Gasteiger partial charge in [-0.3, -0.25) is 4.79 Å². The van der Waals surface area contributed by atoms with Crippen molar-refractivity contribution in [2.24, 2.45) is 5.92 Å². The topological polar surface area (TPSA) is 44.1 Å². The van der Waals surface area contributed by atoms with Crippen molar-refractivity contribution >= 4 is 11.6 Å². The Labute approximate surface area is 99.5 Å². The van der Waals surface area contributed by atoms with Crippen molar-refractivity contribution < 1.29 is 9.18 Å². The Hall–Kier alpha value is -1.89. The van der Waals surface area contributed by atoms with Crippen LogP contribution in [-0.2, 0) is 11.2 Å². The smallest absolute Gasteiger partial charge is 0.227 e. The van der Waals surface area contributed by atoms with Crippen molar-refractivity contribution in [3.8, 4) is 6.07 Å². The molecule has 1 aliphatic heterocycles. The largest absolute Gasteiger partial charge is 0.311 e. The fraction of sp³-hybridized carbons (Fsp3) is 0.385. The first kappa shape index (κ1) is 11.6. The Morgan fingerprint density at radius 1 is 1.53 bits per heavy atom. The van der Waals surface area contributed by atoms with Gasteiger partial charge in [0.15, 0.2) is 0 Å². The molecule has 1 amide bonds.